The topological polar surface area (TPSA) is 63.8 Å². The van der Waals surface area contributed by atoms with Gasteiger partial charge in [-0.3, -0.25) is 4.98 Å². The van der Waals surface area contributed by atoms with Crippen LogP contribution in [0.25, 0.3) is 0 Å². The molecule has 1 aromatic heterocycles. The molecule has 0 spiro atoms. The molecule has 1 heterocycles. The molecule has 1 fully saturated rings. The Hall–Kier alpha value is -0.870. The minimum Gasteiger partial charge on any atom is -0.364 e. The number of nitrogens with one attached hydrogen (secondary N) is 1. The highest BCUT2D eigenvalue weighted by Crippen LogP contribution is 2.22. The van der Waals surface area contributed by atoms with Gasteiger partial charge in [0.15, 0.2) is 0 Å². The van der Waals surface area contributed by atoms with Crippen molar-refractivity contribution in [2.24, 2.45) is 5.73 Å². The molecule has 17 heavy (non-hydrogen) atoms. The van der Waals surface area contributed by atoms with E-state index in [1.165, 1.54) is 6.42 Å². The van der Waals surface area contributed by atoms with Crippen molar-refractivity contribution in [1.29, 1.82) is 0 Å². The van der Waals surface area contributed by atoms with Gasteiger partial charge in [0.25, 0.3) is 0 Å². The molecule has 2 atom stereocenters. The molecule has 0 amide bonds. The summed E-state index contributed by atoms with van der Waals surface area (Å²) in [6.45, 7) is 4.07. The van der Waals surface area contributed by atoms with Gasteiger partial charge in [0, 0.05) is 12.1 Å². The van der Waals surface area contributed by atoms with Crippen LogP contribution >= 0.6 is 12.4 Å². The van der Waals surface area contributed by atoms with Gasteiger partial charge in [0.2, 0.25) is 0 Å². The molecule has 1 aliphatic rings. The van der Waals surface area contributed by atoms with Crippen LogP contribution in [0.5, 0.6) is 0 Å². The minimum atomic E-state index is 0. The Kier molecular flexibility index (Phi) is 5.15. The maximum absolute atomic E-state index is 6.04. The van der Waals surface area contributed by atoms with Gasteiger partial charge in [-0.2, -0.15) is 0 Å². The predicted octanol–water partition coefficient (Wildman–Crippen LogP) is 2.06. The predicted molar refractivity (Wildman–Crippen MR) is 72.6 cm³/mol. The molecule has 0 unspecified atom stereocenters. The number of rotatable bonds is 3. The van der Waals surface area contributed by atoms with Gasteiger partial charge >= 0.3 is 0 Å². The Labute approximate surface area is 109 Å². The Morgan fingerprint density at radius 1 is 1.47 bits per heavy atom. The molecule has 0 aliphatic heterocycles. The highest BCUT2D eigenvalue weighted by molar-refractivity contribution is 5.85. The normalized spacial score (nSPS) is 23.2. The van der Waals surface area contributed by atoms with Crippen LogP contribution in [0, 0.1) is 6.92 Å². The number of aromatic nitrogens is 2. The fourth-order valence-electron chi connectivity index (χ4n) is 2.24. The lowest BCUT2D eigenvalue weighted by atomic mass is 10.2. The SMILES string of the molecule is CCc1nc(C)cnc1N[C@H]1CCC[C@@H]1N.Cl. The van der Waals surface area contributed by atoms with E-state index in [0.717, 1.165) is 36.5 Å². The highest BCUT2D eigenvalue weighted by atomic mass is 35.5. The molecule has 0 aromatic carbocycles. The summed E-state index contributed by atoms with van der Waals surface area (Å²) in [4.78, 5) is 8.91. The number of nitrogens with two attached hydrogens (primary N) is 1. The molecular weight excluding hydrogens is 236 g/mol. The van der Waals surface area contributed by atoms with Crippen LogP contribution in [-0.2, 0) is 6.42 Å². The number of anilines is 1. The lowest BCUT2D eigenvalue weighted by molar-refractivity contribution is 0.633. The summed E-state index contributed by atoms with van der Waals surface area (Å²) in [5, 5.41) is 3.44. The first-order chi connectivity index (χ1) is 7.70. The van der Waals surface area contributed by atoms with Gasteiger partial charge in [-0.1, -0.05) is 6.92 Å². The Bertz CT molecular complexity index is 370. The van der Waals surface area contributed by atoms with E-state index in [-0.39, 0.29) is 18.4 Å². The third kappa shape index (κ3) is 3.30. The van der Waals surface area contributed by atoms with Gasteiger partial charge in [-0.05, 0) is 32.6 Å². The van der Waals surface area contributed by atoms with E-state index in [9.17, 15) is 0 Å². The molecule has 96 valence electrons. The van der Waals surface area contributed by atoms with Crippen molar-refractivity contribution in [2.45, 2.75) is 51.6 Å². The molecule has 1 aromatic rings. The first-order valence-electron chi connectivity index (χ1n) is 6.05. The summed E-state index contributed by atoms with van der Waals surface area (Å²) in [6.07, 6.45) is 6.17. The average molecular weight is 257 g/mol. The molecule has 0 radical (unpaired) electrons. The molecule has 5 heteroatoms. The summed E-state index contributed by atoms with van der Waals surface area (Å²) in [6, 6.07) is 0.620. The second kappa shape index (κ2) is 6.17. The average Bonchev–Trinajstić information content (AvgIpc) is 2.67. The van der Waals surface area contributed by atoms with E-state index in [1.807, 2.05) is 13.1 Å². The number of hydrogen-bond donors (Lipinski definition) is 2. The van der Waals surface area contributed by atoms with Crippen molar-refractivity contribution < 1.29 is 0 Å². The van der Waals surface area contributed by atoms with Crippen molar-refractivity contribution >= 4 is 18.2 Å². The lowest BCUT2D eigenvalue weighted by Gasteiger charge is -2.19. The van der Waals surface area contributed by atoms with E-state index in [1.54, 1.807) is 0 Å². The summed E-state index contributed by atoms with van der Waals surface area (Å²) in [7, 11) is 0. The maximum atomic E-state index is 6.04. The zero-order chi connectivity index (χ0) is 11.5. The first-order valence-corrected chi connectivity index (χ1v) is 6.05. The molecule has 1 aliphatic carbocycles. The van der Waals surface area contributed by atoms with Gasteiger partial charge in [-0.25, -0.2) is 4.98 Å². The minimum absolute atomic E-state index is 0. The Morgan fingerprint density at radius 3 is 2.82 bits per heavy atom. The number of aryl methyl sites for hydroxylation is 2. The molecule has 2 rings (SSSR count). The second-order valence-corrected chi connectivity index (χ2v) is 4.51. The third-order valence-corrected chi connectivity index (χ3v) is 3.19. The Morgan fingerprint density at radius 2 is 2.24 bits per heavy atom. The lowest BCUT2D eigenvalue weighted by Crippen LogP contribution is -2.35. The van der Waals surface area contributed by atoms with E-state index in [0.29, 0.717) is 6.04 Å². The zero-order valence-electron chi connectivity index (χ0n) is 10.4. The molecule has 0 bridgehead atoms. The van der Waals surface area contributed by atoms with Crippen LogP contribution in [0.2, 0.25) is 0 Å². The van der Waals surface area contributed by atoms with Gasteiger partial charge in [-0.15, -0.1) is 12.4 Å². The van der Waals surface area contributed by atoms with Crippen molar-refractivity contribution in [1.82, 2.24) is 9.97 Å². The summed E-state index contributed by atoms with van der Waals surface area (Å²) in [5.41, 5.74) is 8.05. The van der Waals surface area contributed by atoms with Crippen LogP contribution in [0.3, 0.4) is 0 Å². The first kappa shape index (κ1) is 14.2. The number of hydrogen-bond acceptors (Lipinski definition) is 4. The molecule has 1 saturated carbocycles. The maximum Gasteiger partial charge on any atom is 0.148 e. The summed E-state index contributed by atoms with van der Waals surface area (Å²) >= 11 is 0. The number of halogens is 1. The fraction of sp³-hybridized carbons (Fsp3) is 0.667. The van der Waals surface area contributed by atoms with E-state index in [4.69, 9.17) is 5.73 Å². The van der Waals surface area contributed by atoms with E-state index < -0.39 is 0 Å². The van der Waals surface area contributed by atoms with Crippen LogP contribution in [0.4, 0.5) is 5.82 Å². The van der Waals surface area contributed by atoms with Crippen LogP contribution in [0.1, 0.15) is 37.6 Å². The summed E-state index contributed by atoms with van der Waals surface area (Å²) < 4.78 is 0. The molecular formula is C12H21ClN4. The molecule has 4 nitrogen and oxygen atoms in total. The van der Waals surface area contributed by atoms with Crippen LogP contribution < -0.4 is 11.1 Å². The quantitative estimate of drug-likeness (QED) is 0.869. The third-order valence-electron chi connectivity index (χ3n) is 3.19. The highest BCUT2D eigenvalue weighted by Gasteiger charge is 2.24. The van der Waals surface area contributed by atoms with Crippen molar-refractivity contribution in [3.63, 3.8) is 0 Å². The van der Waals surface area contributed by atoms with Crippen molar-refractivity contribution in [2.75, 3.05) is 5.32 Å². The van der Waals surface area contributed by atoms with E-state index in [2.05, 4.69) is 22.2 Å². The number of nitrogens with zero attached hydrogens (tertiary/aromatic N) is 2. The molecule has 0 saturated heterocycles. The van der Waals surface area contributed by atoms with Crippen molar-refractivity contribution in [3.8, 4) is 0 Å². The Balaban J connectivity index is 0.00000144. The van der Waals surface area contributed by atoms with Crippen LogP contribution in [-0.4, -0.2) is 22.1 Å². The standard InChI is InChI=1S/C12H20N4.ClH/c1-3-10-12(14-7-8(2)15-10)16-11-6-4-5-9(11)13;/h7,9,11H,3-6,13H2,1-2H3,(H,14,16);1H/t9-,11-;/m0./s1. The smallest absolute Gasteiger partial charge is 0.148 e. The van der Waals surface area contributed by atoms with Crippen LogP contribution in [0.15, 0.2) is 6.20 Å². The van der Waals surface area contributed by atoms with Gasteiger partial charge in [0.1, 0.15) is 5.82 Å². The van der Waals surface area contributed by atoms with E-state index >= 15 is 0 Å². The van der Waals surface area contributed by atoms with Gasteiger partial charge in [0.05, 0.1) is 17.6 Å². The monoisotopic (exact) mass is 256 g/mol. The van der Waals surface area contributed by atoms with Gasteiger partial charge < -0.3 is 11.1 Å². The summed E-state index contributed by atoms with van der Waals surface area (Å²) in [5.74, 6) is 0.912. The fourth-order valence-corrected chi connectivity index (χ4v) is 2.24. The largest absolute Gasteiger partial charge is 0.364 e. The molecule has 3 N–H and O–H groups in total. The second-order valence-electron chi connectivity index (χ2n) is 4.51. The van der Waals surface area contributed by atoms with Crippen molar-refractivity contribution in [3.05, 3.63) is 17.6 Å². The zero-order valence-corrected chi connectivity index (χ0v) is 11.3.